The van der Waals surface area contributed by atoms with E-state index in [9.17, 15) is 8.42 Å². The van der Waals surface area contributed by atoms with Gasteiger partial charge in [0, 0.05) is 0 Å². The zero-order valence-electron chi connectivity index (χ0n) is 8.08. The third-order valence-corrected chi connectivity index (χ3v) is 4.16. The Labute approximate surface area is 84.2 Å². The van der Waals surface area contributed by atoms with Crippen LogP contribution in [0, 0.1) is 0 Å². The quantitative estimate of drug-likeness (QED) is 0.795. The number of fused-ring (bicyclic) bond motifs is 1. The second-order valence-corrected chi connectivity index (χ2v) is 5.31. The molecule has 1 aromatic rings. The van der Waals surface area contributed by atoms with E-state index in [-0.39, 0.29) is 0 Å². The largest absolute Gasteiger partial charge is 0.240 e. The Morgan fingerprint density at radius 1 is 1.29 bits per heavy atom. The van der Waals surface area contributed by atoms with Gasteiger partial charge in [-0.1, -0.05) is 12.1 Å². The summed E-state index contributed by atoms with van der Waals surface area (Å²) >= 11 is 0. The number of nitrogens with one attached hydrogen (secondary N) is 1. The fraction of sp³-hybridized carbons (Fsp3) is 0.400. The number of benzene rings is 1. The lowest BCUT2D eigenvalue weighted by atomic mass is 10.1. The Kier molecular flexibility index (Phi) is 2.33. The second kappa shape index (κ2) is 3.37. The summed E-state index contributed by atoms with van der Waals surface area (Å²) in [7, 11) is -1.83. The minimum atomic E-state index is -3.27. The molecule has 0 amide bonds. The highest BCUT2D eigenvalue weighted by molar-refractivity contribution is 7.89. The molecule has 0 saturated carbocycles. The van der Waals surface area contributed by atoms with Crippen LogP contribution in [-0.4, -0.2) is 15.5 Å². The van der Waals surface area contributed by atoms with Gasteiger partial charge in [0.05, 0.1) is 4.90 Å². The van der Waals surface area contributed by atoms with Gasteiger partial charge in [-0.2, -0.15) is 0 Å². The molecule has 0 bridgehead atoms. The van der Waals surface area contributed by atoms with Crippen LogP contribution in [0.5, 0.6) is 0 Å². The standard InChI is InChI=1S/C10H13NO2S/c1-11-14(12,13)10-7-3-5-8-4-2-6-9(8)10/h3,5,7,11H,2,4,6H2,1H3. The van der Waals surface area contributed by atoms with Gasteiger partial charge in [0.2, 0.25) is 10.0 Å². The lowest BCUT2D eigenvalue weighted by Gasteiger charge is -2.07. The third-order valence-electron chi connectivity index (χ3n) is 2.66. The first-order chi connectivity index (χ1) is 6.65. The van der Waals surface area contributed by atoms with Gasteiger partial charge in [0.15, 0.2) is 0 Å². The molecular weight excluding hydrogens is 198 g/mol. The number of hydrogen-bond donors (Lipinski definition) is 1. The number of sulfonamides is 1. The Bertz CT molecular complexity index is 451. The summed E-state index contributed by atoms with van der Waals surface area (Å²) in [4.78, 5) is 0.454. The van der Waals surface area contributed by atoms with Crippen LogP contribution in [0.1, 0.15) is 17.5 Å². The first kappa shape index (κ1) is 9.68. The van der Waals surface area contributed by atoms with Crippen molar-refractivity contribution in [2.75, 3.05) is 7.05 Å². The third kappa shape index (κ3) is 1.44. The van der Waals surface area contributed by atoms with E-state index >= 15 is 0 Å². The van der Waals surface area contributed by atoms with E-state index in [1.165, 1.54) is 12.6 Å². The van der Waals surface area contributed by atoms with Crippen molar-refractivity contribution in [2.24, 2.45) is 0 Å². The molecule has 0 heterocycles. The molecule has 0 radical (unpaired) electrons. The Hall–Kier alpha value is -0.870. The van der Waals surface area contributed by atoms with Gasteiger partial charge in [0.1, 0.15) is 0 Å². The van der Waals surface area contributed by atoms with E-state index in [0.29, 0.717) is 4.90 Å². The smallest absolute Gasteiger partial charge is 0.214 e. The van der Waals surface area contributed by atoms with E-state index in [2.05, 4.69) is 4.72 Å². The fourth-order valence-corrected chi connectivity index (χ4v) is 2.98. The van der Waals surface area contributed by atoms with Crippen molar-refractivity contribution in [1.29, 1.82) is 0 Å². The normalized spacial score (nSPS) is 15.5. The van der Waals surface area contributed by atoms with Crippen molar-refractivity contribution in [3.63, 3.8) is 0 Å². The van der Waals surface area contributed by atoms with Crippen LogP contribution in [-0.2, 0) is 22.9 Å². The van der Waals surface area contributed by atoms with Crippen molar-refractivity contribution >= 4 is 10.0 Å². The number of rotatable bonds is 2. The van der Waals surface area contributed by atoms with Crippen LogP contribution < -0.4 is 4.72 Å². The summed E-state index contributed by atoms with van der Waals surface area (Å²) in [5.74, 6) is 0. The van der Waals surface area contributed by atoms with E-state index in [4.69, 9.17) is 0 Å². The Morgan fingerprint density at radius 2 is 2.07 bits per heavy atom. The van der Waals surface area contributed by atoms with Gasteiger partial charge < -0.3 is 0 Å². The summed E-state index contributed by atoms with van der Waals surface area (Å²) in [6, 6.07) is 5.50. The molecule has 4 heteroatoms. The van der Waals surface area contributed by atoms with Crippen LogP contribution in [0.4, 0.5) is 0 Å². The molecule has 0 unspecified atom stereocenters. The van der Waals surface area contributed by atoms with Crippen LogP contribution in [0.3, 0.4) is 0 Å². The molecule has 1 N–H and O–H groups in total. The topological polar surface area (TPSA) is 46.2 Å². The highest BCUT2D eigenvalue weighted by Gasteiger charge is 2.21. The van der Waals surface area contributed by atoms with Crippen molar-refractivity contribution in [1.82, 2.24) is 4.72 Å². The van der Waals surface area contributed by atoms with E-state index in [1.807, 2.05) is 12.1 Å². The van der Waals surface area contributed by atoms with Crippen LogP contribution in [0.15, 0.2) is 23.1 Å². The summed E-state index contributed by atoms with van der Waals surface area (Å²) in [5.41, 5.74) is 2.18. The average molecular weight is 211 g/mol. The lowest BCUT2D eigenvalue weighted by Crippen LogP contribution is -2.20. The Balaban J connectivity index is 2.61. The van der Waals surface area contributed by atoms with Gasteiger partial charge in [-0.25, -0.2) is 13.1 Å². The maximum Gasteiger partial charge on any atom is 0.240 e. The molecule has 1 aliphatic rings. The predicted molar refractivity (Wildman–Crippen MR) is 54.7 cm³/mol. The SMILES string of the molecule is CNS(=O)(=O)c1cccc2c1CCC2. The highest BCUT2D eigenvalue weighted by Crippen LogP contribution is 2.27. The Morgan fingerprint density at radius 3 is 2.79 bits per heavy atom. The minimum absolute atomic E-state index is 0.454. The van der Waals surface area contributed by atoms with Crippen LogP contribution in [0.25, 0.3) is 0 Å². The molecule has 14 heavy (non-hydrogen) atoms. The van der Waals surface area contributed by atoms with Gasteiger partial charge in [-0.3, -0.25) is 0 Å². The van der Waals surface area contributed by atoms with E-state index < -0.39 is 10.0 Å². The van der Waals surface area contributed by atoms with Gasteiger partial charge in [-0.05, 0) is 43.5 Å². The fourth-order valence-electron chi connectivity index (χ4n) is 1.95. The van der Waals surface area contributed by atoms with Crippen LogP contribution >= 0.6 is 0 Å². The first-order valence-corrected chi connectivity index (χ1v) is 6.18. The number of aryl methyl sites for hydroxylation is 1. The van der Waals surface area contributed by atoms with Gasteiger partial charge in [-0.15, -0.1) is 0 Å². The van der Waals surface area contributed by atoms with E-state index in [0.717, 1.165) is 24.8 Å². The average Bonchev–Trinajstić information content (AvgIpc) is 2.64. The molecule has 0 spiro atoms. The highest BCUT2D eigenvalue weighted by atomic mass is 32.2. The van der Waals surface area contributed by atoms with Crippen molar-refractivity contribution < 1.29 is 8.42 Å². The van der Waals surface area contributed by atoms with Crippen molar-refractivity contribution in [2.45, 2.75) is 24.2 Å². The maximum absolute atomic E-state index is 11.6. The first-order valence-electron chi connectivity index (χ1n) is 4.69. The molecule has 3 nitrogen and oxygen atoms in total. The molecule has 0 saturated heterocycles. The predicted octanol–water partition coefficient (Wildman–Crippen LogP) is 1.08. The summed E-state index contributed by atoms with van der Waals surface area (Å²) in [6.45, 7) is 0. The summed E-state index contributed by atoms with van der Waals surface area (Å²) < 4.78 is 25.7. The molecule has 1 aliphatic carbocycles. The minimum Gasteiger partial charge on any atom is -0.214 e. The van der Waals surface area contributed by atoms with Gasteiger partial charge >= 0.3 is 0 Å². The lowest BCUT2D eigenvalue weighted by molar-refractivity contribution is 0.587. The molecule has 0 atom stereocenters. The molecular formula is C10H13NO2S. The second-order valence-electron chi connectivity index (χ2n) is 3.45. The van der Waals surface area contributed by atoms with Crippen molar-refractivity contribution in [3.05, 3.63) is 29.3 Å². The summed E-state index contributed by atoms with van der Waals surface area (Å²) in [5, 5.41) is 0. The maximum atomic E-state index is 11.6. The molecule has 76 valence electrons. The molecule has 2 rings (SSSR count). The molecule has 1 aromatic carbocycles. The monoisotopic (exact) mass is 211 g/mol. The van der Waals surface area contributed by atoms with Crippen LogP contribution in [0.2, 0.25) is 0 Å². The van der Waals surface area contributed by atoms with E-state index in [1.54, 1.807) is 6.07 Å². The molecule has 0 aromatic heterocycles. The molecule has 0 aliphatic heterocycles. The zero-order valence-corrected chi connectivity index (χ0v) is 8.89. The number of hydrogen-bond acceptors (Lipinski definition) is 2. The summed E-state index contributed by atoms with van der Waals surface area (Å²) in [6.07, 6.45) is 2.94. The molecule has 0 fully saturated rings. The van der Waals surface area contributed by atoms with Gasteiger partial charge in [0.25, 0.3) is 0 Å². The zero-order chi connectivity index (χ0) is 10.2. The van der Waals surface area contributed by atoms with Crippen molar-refractivity contribution in [3.8, 4) is 0 Å².